The minimum absolute atomic E-state index is 0.0780. The van der Waals surface area contributed by atoms with E-state index in [2.05, 4.69) is 16.9 Å². The van der Waals surface area contributed by atoms with Crippen molar-refractivity contribution in [1.82, 2.24) is 10.6 Å². The van der Waals surface area contributed by atoms with E-state index < -0.39 is 0 Å². The lowest BCUT2D eigenvalue weighted by Crippen LogP contribution is -2.40. The lowest BCUT2D eigenvalue weighted by molar-refractivity contribution is -0.122. The first-order valence-electron chi connectivity index (χ1n) is 4.84. The molecule has 1 fully saturated rings. The summed E-state index contributed by atoms with van der Waals surface area (Å²) in [5, 5.41) is 6.12. The highest BCUT2D eigenvalue weighted by atomic mass is 32.2. The van der Waals surface area contributed by atoms with Crippen LogP contribution in [-0.2, 0) is 4.79 Å². The molecule has 0 aliphatic carbocycles. The van der Waals surface area contributed by atoms with E-state index in [0.29, 0.717) is 0 Å². The van der Waals surface area contributed by atoms with Crippen LogP contribution in [-0.4, -0.2) is 37.0 Å². The Hall–Kier alpha value is -0.220. The second kappa shape index (κ2) is 6.27. The second-order valence-corrected chi connectivity index (χ2v) is 4.27. The Morgan fingerprint density at radius 2 is 2.54 bits per heavy atom. The lowest BCUT2D eigenvalue weighted by Gasteiger charge is -2.10. The quantitative estimate of drug-likeness (QED) is 0.642. The zero-order valence-corrected chi connectivity index (χ0v) is 8.95. The van der Waals surface area contributed by atoms with Crippen molar-refractivity contribution in [2.75, 3.05) is 25.1 Å². The first-order valence-corrected chi connectivity index (χ1v) is 6.24. The van der Waals surface area contributed by atoms with Crippen molar-refractivity contribution < 1.29 is 4.79 Å². The maximum Gasteiger partial charge on any atom is 0.237 e. The number of hydrogen-bond acceptors (Lipinski definition) is 3. The first kappa shape index (κ1) is 10.9. The van der Waals surface area contributed by atoms with Gasteiger partial charge in [0.1, 0.15) is 0 Å². The maximum atomic E-state index is 11.4. The van der Waals surface area contributed by atoms with Crippen LogP contribution < -0.4 is 10.6 Å². The summed E-state index contributed by atoms with van der Waals surface area (Å²) in [6.45, 7) is 1.81. The molecule has 0 radical (unpaired) electrons. The topological polar surface area (TPSA) is 41.1 Å². The monoisotopic (exact) mass is 202 g/mol. The van der Waals surface area contributed by atoms with Crippen LogP contribution in [0.15, 0.2) is 0 Å². The highest BCUT2D eigenvalue weighted by Gasteiger charge is 2.20. The van der Waals surface area contributed by atoms with E-state index in [1.165, 1.54) is 0 Å². The number of carbonyl (C=O) groups is 1. The van der Waals surface area contributed by atoms with Crippen LogP contribution in [0.2, 0.25) is 0 Å². The first-order chi connectivity index (χ1) is 6.34. The van der Waals surface area contributed by atoms with Gasteiger partial charge in [-0.15, -0.1) is 0 Å². The molecule has 0 spiro atoms. The lowest BCUT2D eigenvalue weighted by atomic mass is 10.2. The van der Waals surface area contributed by atoms with Crippen molar-refractivity contribution in [3.8, 4) is 0 Å². The summed E-state index contributed by atoms with van der Waals surface area (Å²) >= 11 is 1.82. The zero-order valence-electron chi connectivity index (χ0n) is 8.14. The number of amides is 1. The second-order valence-electron chi connectivity index (χ2n) is 3.29. The smallest absolute Gasteiger partial charge is 0.237 e. The van der Waals surface area contributed by atoms with Crippen LogP contribution in [0, 0.1) is 0 Å². The average Bonchev–Trinajstić information content (AvgIpc) is 2.65. The molecule has 1 heterocycles. The SMILES string of the molecule is CSCCCNC(=O)[C@@H]1CCCN1. The van der Waals surface area contributed by atoms with Crippen LogP contribution in [0.1, 0.15) is 19.3 Å². The molecule has 0 aromatic heterocycles. The number of hydrogen-bond donors (Lipinski definition) is 2. The van der Waals surface area contributed by atoms with E-state index in [4.69, 9.17) is 0 Å². The molecule has 13 heavy (non-hydrogen) atoms. The highest BCUT2D eigenvalue weighted by molar-refractivity contribution is 7.98. The molecule has 1 saturated heterocycles. The van der Waals surface area contributed by atoms with Gasteiger partial charge in [-0.25, -0.2) is 0 Å². The summed E-state index contributed by atoms with van der Waals surface area (Å²) in [5.74, 6) is 1.30. The van der Waals surface area contributed by atoms with E-state index in [0.717, 1.165) is 38.1 Å². The molecule has 4 heteroatoms. The molecule has 0 aromatic carbocycles. The maximum absolute atomic E-state index is 11.4. The minimum atomic E-state index is 0.0780. The van der Waals surface area contributed by atoms with Gasteiger partial charge >= 0.3 is 0 Å². The third kappa shape index (κ3) is 4.00. The Labute approximate surface area is 84.0 Å². The molecule has 1 rings (SSSR count). The Morgan fingerprint density at radius 1 is 1.69 bits per heavy atom. The number of carbonyl (C=O) groups excluding carboxylic acids is 1. The molecular formula is C9H18N2OS. The molecule has 1 aliphatic rings. The van der Waals surface area contributed by atoms with Gasteiger partial charge in [-0.2, -0.15) is 11.8 Å². The van der Waals surface area contributed by atoms with Gasteiger partial charge < -0.3 is 10.6 Å². The van der Waals surface area contributed by atoms with E-state index >= 15 is 0 Å². The highest BCUT2D eigenvalue weighted by Crippen LogP contribution is 2.04. The Morgan fingerprint density at radius 3 is 3.15 bits per heavy atom. The predicted molar refractivity (Wildman–Crippen MR) is 57.0 cm³/mol. The largest absolute Gasteiger partial charge is 0.355 e. The van der Waals surface area contributed by atoms with Crippen molar-refractivity contribution in [3.05, 3.63) is 0 Å². The number of nitrogens with one attached hydrogen (secondary N) is 2. The summed E-state index contributed by atoms with van der Waals surface area (Å²) < 4.78 is 0. The fourth-order valence-electron chi connectivity index (χ4n) is 1.46. The molecule has 0 bridgehead atoms. The van der Waals surface area contributed by atoms with E-state index in [-0.39, 0.29) is 11.9 Å². The number of rotatable bonds is 5. The van der Waals surface area contributed by atoms with Crippen LogP contribution >= 0.6 is 11.8 Å². The van der Waals surface area contributed by atoms with E-state index in [1.807, 2.05) is 11.8 Å². The molecule has 0 unspecified atom stereocenters. The summed E-state index contributed by atoms with van der Waals surface area (Å²) in [6, 6.07) is 0.0780. The molecule has 0 saturated carbocycles. The summed E-state index contributed by atoms with van der Waals surface area (Å²) in [7, 11) is 0. The number of thioether (sulfide) groups is 1. The van der Waals surface area contributed by atoms with Crippen molar-refractivity contribution in [2.24, 2.45) is 0 Å². The van der Waals surface area contributed by atoms with Crippen molar-refractivity contribution in [1.29, 1.82) is 0 Å². The molecule has 2 N–H and O–H groups in total. The fourth-order valence-corrected chi connectivity index (χ4v) is 1.89. The van der Waals surface area contributed by atoms with Crippen LogP contribution in [0.4, 0.5) is 0 Å². The average molecular weight is 202 g/mol. The van der Waals surface area contributed by atoms with Gasteiger partial charge in [0.15, 0.2) is 0 Å². The van der Waals surface area contributed by atoms with Crippen LogP contribution in [0.25, 0.3) is 0 Å². The predicted octanol–water partition coefficient (Wildman–Crippen LogP) is 0.608. The third-order valence-corrected chi connectivity index (χ3v) is 2.90. The Kier molecular flexibility index (Phi) is 5.23. The van der Waals surface area contributed by atoms with E-state index in [9.17, 15) is 4.79 Å². The van der Waals surface area contributed by atoms with Gasteiger partial charge in [-0.3, -0.25) is 4.79 Å². The van der Waals surface area contributed by atoms with Gasteiger partial charge in [-0.1, -0.05) is 0 Å². The van der Waals surface area contributed by atoms with Crippen molar-refractivity contribution in [3.63, 3.8) is 0 Å². The van der Waals surface area contributed by atoms with Crippen molar-refractivity contribution in [2.45, 2.75) is 25.3 Å². The standard InChI is InChI=1S/C9H18N2OS/c1-13-7-3-6-11-9(12)8-4-2-5-10-8/h8,10H,2-7H2,1H3,(H,11,12)/t8-/m0/s1. The zero-order chi connectivity index (χ0) is 9.52. The van der Waals surface area contributed by atoms with Gasteiger partial charge in [0, 0.05) is 6.54 Å². The summed E-state index contributed by atoms with van der Waals surface area (Å²) in [4.78, 5) is 11.4. The molecule has 3 nitrogen and oxygen atoms in total. The Balaban J connectivity index is 2.03. The van der Waals surface area contributed by atoms with E-state index in [1.54, 1.807) is 0 Å². The van der Waals surface area contributed by atoms with Gasteiger partial charge in [-0.05, 0) is 37.8 Å². The molecule has 0 aromatic rings. The third-order valence-electron chi connectivity index (χ3n) is 2.20. The molecule has 76 valence electrons. The normalized spacial score (nSPS) is 21.8. The van der Waals surface area contributed by atoms with Crippen molar-refractivity contribution >= 4 is 17.7 Å². The Bertz CT molecular complexity index is 158. The van der Waals surface area contributed by atoms with Crippen LogP contribution in [0.5, 0.6) is 0 Å². The molecule has 1 amide bonds. The van der Waals surface area contributed by atoms with Gasteiger partial charge in [0.05, 0.1) is 6.04 Å². The summed E-state index contributed by atoms with van der Waals surface area (Å²) in [6.07, 6.45) is 5.28. The summed E-state index contributed by atoms with van der Waals surface area (Å²) in [5.41, 5.74) is 0. The minimum Gasteiger partial charge on any atom is -0.355 e. The molecule has 1 atom stereocenters. The van der Waals surface area contributed by atoms with Gasteiger partial charge in [0.25, 0.3) is 0 Å². The van der Waals surface area contributed by atoms with Gasteiger partial charge in [0.2, 0.25) is 5.91 Å². The molecule has 1 aliphatic heterocycles. The van der Waals surface area contributed by atoms with Crippen LogP contribution in [0.3, 0.4) is 0 Å². The fraction of sp³-hybridized carbons (Fsp3) is 0.889. The molecular weight excluding hydrogens is 184 g/mol.